The van der Waals surface area contributed by atoms with Crippen LogP contribution in [0.1, 0.15) is 12.5 Å². The number of sulfonamides is 1. The van der Waals surface area contributed by atoms with Gasteiger partial charge in [-0.25, -0.2) is 13.2 Å². The predicted molar refractivity (Wildman–Crippen MR) is 112 cm³/mol. The average Bonchev–Trinajstić information content (AvgIpc) is 2.72. The molecule has 0 aromatic heterocycles. The Balaban J connectivity index is 2.01. The Morgan fingerprint density at radius 2 is 1.97 bits per heavy atom. The summed E-state index contributed by atoms with van der Waals surface area (Å²) in [4.78, 5) is 22.4. The van der Waals surface area contributed by atoms with E-state index < -0.39 is 22.1 Å². The van der Waals surface area contributed by atoms with E-state index in [2.05, 4.69) is 10.0 Å². The first-order valence-corrected chi connectivity index (χ1v) is 10.4. The third-order valence-corrected chi connectivity index (χ3v) is 5.72. The number of nitrogens with one attached hydrogen (secondary N) is 2. The number of rotatable bonds is 7. The second-order valence-corrected chi connectivity index (χ2v) is 8.14. The number of carboxylic acid groups (broad SMARTS) is 1. The number of ether oxygens (including phenoxy) is 3. The van der Waals surface area contributed by atoms with Crippen LogP contribution in [-0.4, -0.2) is 45.7 Å². The summed E-state index contributed by atoms with van der Waals surface area (Å²) in [6.45, 7) is 1.60. The van der Waals surface area contributed by atoms with Gasteiger partial charge in [0.2, 0.25) is 0 Å². The van der Waals surface area contributed by atoms with Gasteiger partial charge in [-0.2, -0.15) is 0 Å². The summed E-state index contributed by atoms with van der Waals surface area (Å²) in [6.07, 6.45) is 1.45. The Bertz CT molecular complexity index is 1170. The van der Waals surface area contributed by atoms with Gasteiger partial charge >= 0.3 is 5.97 Å². The molecular formula is C20H20N2O8S. The van der Waals surface area contributed by atoms with Gasteiger partial charge in [-0.3, -0.25) is 9.52 Å². The summed E-state index contributed by atoms with van der Waals surface area (Å²) in [5, 5.41) is 11.5. The van der Waals surface area contributed by atoms with Crippen molar-refractivity contribution in [2.75, 3.05) is 24.3 Å². The molecule has 1 aliphatic rings. The molecule has 11 heteroatoms. The van der Waals surface area contributed by atoms with Crippen molar-refractivity contribution in [2.24, 2.45) is 0 Å². The lowest BCUT2D eigenvalue weighted by atomic mass is 10.2. The topological polar surface area (TPSA) is 140 Å². The number of methoxy groups -OCH3 is 2. The van der Waals surface area contributed by atoms with Gasteiger partial charge in [0, 0.05) is 6.08 Å². The van der Waals surface area contributed by atoms with Crippen LogP contribution >= 0.6 is 0 Å². The SMILES string of the molecule is COc1cc(/C=C/C(=O)O)cc(S(=O)(=O)Nc2ccc3c(c2)NC(=O)C(C)O3)c1OC. The fourth-order valence-electron chi connectivity index (χ4n) is 2.90. The molecule has 31 heavy (non-hydrogen) atoms. The molecule has 0 spiro atoms. The number of hydrogen-bond acceptors (Lipinski definition) is 7. The third-order valence-electron chi connectivity index (χ3n) is 4.34. The van der Waals surface area contributed by atoms with Crippen molar-refractivity contribution in [3.8, 4) is 17.2 Å². The van der Waals surface area contributed by atoms with Crippen molar-refractivity contribution in [3.63, 3.8) is 0 Å². The molecule has 1 heterocycles. The Kier molecular flexibility index (Phi) is 6.07. The largest absolute Gasteiger partial charge is 0.493 e. The van der Waals surface area contributed by atoms with Crippen molar-refractivity contribution in [1.29, 1.82) is 0 Å². The monoisotopic (exact) mass is 448 g/mol. The maximum absolute atomic E-state index is 13.1. The van der Waals surface area contributed by atoms with Gasteiger partial charge in [0.1, 0.15) is 10.6 Å². The summed E-state index contributed by atoms with van der Waals surface area (Å²) in [5.74, 6) is -1.07. The fraction of sp³-hybridized carbons (Fsp3) is 0.200. The average molecular weight is 448 g/mol. The van der Waals surface area contributed by atoms with Crippen molar-refractivity contribution < 1.29 is 37.3 Å². The Morgan fingerprint density at radius 1 is 1.23 bits per heavy atom. The molecule has 164 valence electrons. The van der Waals surface area contributed by atoms with Gasteiger partial charge in [0.05, 0.1) is 25.6 Å². The van der Waals surface area contributed by atoms with Crippen LogP contribution in [0.25, 0.3) is 6.08 Å². The Labute approximate surface area is 178 Å². The molecular weight excluding hydrogens is 428 g/mol. The van der Waals surface area contributed by atoms with E-state index in [1.807, 2.05) is 0 Å². The minimum absolute atomic E-state index is 0.0501. The number of carbonyl (C=O) groups excluding carboxylic acids is 1. The molecule has 2 aromatic rings. The van der Waals surface area contributed by atoms with E-state index >= 15 is 0 Å². The third kappa shape index (κ3) is 4.72. The van der Waals surface area contributed by atoms with Gasteiger partial charge in [0.25, 0.3) is 15.9 Å². The highest BCUT2D eigenvalue weighted by atomic mass is 32.2. The smallest absolute Gasteiger partial charge is 0.328 e. The summed E-state index contributed by atoms with van der Waals surface area (Å²) >= 11 is 0. The predicted octanol–water partition coefficient (Wildman–Crippen LogP) is 2.32. The standard InChI is InChI=1S/C20H20N2O8S/c1-11-20(25)21-14-10-13(5-6-15(14)30-11)22-31(26,27)17-9-12(4-7-18(23)24)8-16(28-2)19(17)29-3/h4-11,22H,1-3H3,(H,21,25)(H,23,24)/b7-4+. The molecule has 0 fully saturated rings. The zero-order chi connectivity index (χ0) is 22.8. The lowest BCUT2D eigenvalue weighted by Crippen LogP contribution is -2.34. The molecule has 0 saturated carbocycles. The van der Waals surface area contributed by atoms with E-state index in [4.69, 9.17) is 19.3 Å². The van der Waals surface area contributed by atoms with Crippen molar-refractivity contribution in [3.05, 3.63) is 42.0 Å². The molecule has 1 atom stereocenters. The molecule has 0 aliphatic carbocycles. The van der Waals surface area contributed by atoms with Crippen LogP contribution in [-0.2, 0) is 19.6 Å². The maximum atomic E-state index is 13.1. The number of fused-ring (bicyclic) bond motifs is 1. The van der Waals surface area contributed by atoms with Crippen LogP contribution in [0, 0.1) is 0 Å². The number of anilines is 2. The first-order valence-electron chi connectivity index (χ1n) is 8.96. The summed E-state index contributed by atoms with van der Waals surface area (Å²) < 4.78 is 44.5. The molecule has 1 amide bonds. The van der Waals surface area contributed by atoms with E-state index in [0.29, 0.717) is 11.4 Å². The first-order chi connectivity index (χ1) is 14.6. The van der Waals surface area contributed by atoms with E-state index in [-0.39, 0.29) is 33.6 Å². The molecule has 1 aliphatic heterocycles. The van der Waals surface area contributed by atoms with Crippen LogP contribution in [0.2, 0.25) is 0 Å². The number of aliphatic carboxylic acids is 1. The number of hydrogen-bond donors (Lipinski definition) is 3. The zero-order valence-electron chi connectivity index (χ0n) is 16.8. The molecule has 0 bridgehead atoms. The normalized spacial score (nSPS) is 15.6. The summed E-state index contributed by atoms with van der Waals surface area (Å²) in [5.41, 5.74) is 0.774. The summed E-state index contributed by atoms with van der Waals surface area (Å²) in [7, 11) is -1.57. The van der Waals surface area contributed by atoms with Gasteiger partial charge in [-0.1, -0.05) is 0 Å². The highest BCUT2D eigenvalue weighted by molar-refractivity contribution is 7.92. The van der Waals surface area contributed by atoms with E-state index in [9.17, 15) is 18.0 Å². The van der Waals surface area contributed by atoms with Gasteiger partial charge < -0.3 is 24.6 Å². The number of carbonyl (C=O) groups is 2. The lowest BCUT2D eigenvalue weighted by molar-refractivity contribution is -0.131. The molecule has 0 saturated heterocycles. The van der Waals surface area contributed by atoms with Crippen molar-refractivity contribution >= 4 is 39.4 Å². The maximum Gasteiger partial charge on any atom is 0.328 e. The fourth-order valence-corrected chi connectivity index (χ4v) is 4.16. The van der Waals surface area contributed by atoms with Crippen molar-refractivity contribution in [2.45, 2.75) is 17.9 Å². The van der Waals surface area contributed by atoms with Gasteiger partial charge in [0.15, 0.2) is 17.6 Å². The minimum atomic E-state index is -4.19. The second kappa shape index (κ2) is 8.56. The molecule has 1 unspecified atom stereocenters. The lowest BCUT2D eigenvalue weighted by Gasteiger charge is -2.24. The molecule has 0 radical (unpaired) electrons. The number of benzene rings is 2. The number of carboxylic acids is 1. The minimum Gasteiger partial charge on any atom is -0.493 e. The highest BCUT2D eigenvalue weighted by Crippen LogP contribution is 2.38. The van der Waals surface area contributed by atoms with Crippen LogP contribution in [0.4, 0.5) is 11.4 Å². The quantitative estimate of drug-likeness (QED) is 0.548. The zero-order valence-corrected chi connectivity index (χ0v) is 17.6. The van der Waals surface area contributed by atoms with E-state index in [1.54, 1.807) is 6.92 Å². The Hall–Kier alpha value is -3.73. The van der Waals surface area contributed by atoms with E-state index in [1.165, 1.54) is 50.6 Å². The Morgan fingerprint density at radius 3 is 2.61 bits per heavy atom. The van der Waals surface area contributed by atoms with Crippen LogP contribution < -0.4 is 24.2 Å². The van der Waals surface area contributed by atoms with Crippen LogP contribution in [0.3, 0.4) is 0 Å². The molecule has 3 N–H and O–H groups in total. The van der Waals surface area contributed by atoms with Crippen molar-refractivity contribution in [1.82, 2.24) is 0 Å². The molecule has 3 rings (SSSR count). The van der Waals surface area contributed by atoms with Gasteiger partial charge in [-0.05, 0) is 48.9 Å². The molecule has 10 nitrogen and oxygen atoms in total. The van der Waals surface area contributed by atoms with Gasteiger partial charge in [-0.15, -0.1) is 0 Å². The highest BCUT2D eigenvalue weighted by Gasteiger charge is 2.26. The first kappa shape index (κ1) is 22.0. The van der Waals surface area contributed by atoms with Crippen LogP contribution in [0.5, 0.6) is 17.2 Å². The van der Waals surface area contributed by atoms with E-state index in [0.717, 1.165) is 6.08 Å². The van der Waals surface area contributed by atoms with Crippen LogP contribution in [0.15, 0.2) is 41.3 Å². The summed E-state index contributed by atoms with van der Waals surface area (Å²) in [6, 6.07) is 7.15. The second-order valence-electron chi connectivity index (χ2n) is 6.49. The molecule has 2 aromatic carbocycles. The number of amides is 1.